The fourth-order valence-corrected chi connectivity index (χ4v) is 4.83. The fraction of sp³-hybridized carbons (Fsp3) is 1.00. The maximum atomic E-state index is 10.0. The molecular formula is C13H22O. The minimum absolute atomic E-state index is 0.0370. The van der Waals surface area contributed by atoms with E-state index in [1.165, 1.54) is 44.9 Å². The second kappa shape index (κ2) is 2.75. The van der Waals surface area contributed by atoms with Crippen molar-refractivity contribution in [2.45, 2.75) is 64.4 Å². The molecular weight excluding hydrogens is 172 g/mol. The predicted octanol–water partition coefficient (Wildman–Crippen LogP) is 3.12. The number of aliphatic hydroxyl groups excluding tert-OH is 1. The molecule has 0 aromatic heterocycles. The molecule has 1 spiro atoms. The van der Waals surface area contributed by atoms with Crippen LogP contribution in [-0.2, 0) is 0 Å². The number of aliphatic hydroxyl groups is 1. The highest BCUT2D eigenvalue weighted by molar-refractivity contribution is 5.12. The van der Waals surface area contributed by atoms with Crippen LogP contribution >= 0.6 is 0 Å². The summed E-state index contributed by atoms with van der Waals surface area (Å²) in [6, 6.07) is 0. The van der Waals surface area contributed by atoms with Crippen molar-refractivity contribution >= 4 is 0 Å². The predicted molar refractivity (Wildman–Crippen MR) is 57.0 cm³/mol. The van der Waals surface area contributed by atoms with Gasteiger partial charge in [0, 0.05) is 0 Å². The molecule has 0 aromatic rings. The van der Waals surface area contributed by atoms with Crippen molar-refractivity contribution in [3.63, 3.8) is 0 Å². The van der Waals surface area contributed by atoms with Crippen LogP contribution in [0.25, 0.3) is 0 Å². The van der Waals surface area contributed by atoms with Crippen LogP contribution in [0.3, 0.4) is 0 Å². The summed E-state index contributed by atoms with van der Waals surface area (Å²) < 4.78 is 0. The van der Waals surface area contributed by atoms with Crippen LogP contribution < -0.4 is 0 Å². The lowest BCUT2D eigenvalue weighted by Crippen LogP contribution is -2.60. The van der Waals surface area contributed by atoms with Crippen molar-refractivity contribution in [3.05, 3.63) is 0 Å². The highest BCUT2D eigenvalue weighted by Crippen LogP contribution is 2.69. The first kappa shape index (κ1) is 9.21. The normalized spacial score (nSPS) is 57.0. The zero-order chi connectivity index (χ0) is 9.81. The summed E-state index contributed by atoms with van der Waals surface area (Å²) in [5.74, 6) is 0.668. The van der Waals surface area contributed by atoms with Gasteiger partial charge in [0.15, 0.2) is 0 Å². The second-order valence-corrected chi connectivity index (χ2v) is 6.18. The Hall–Kier alpha value is -0.0400. The van der Waals surface area contributed by atoms with Gasteiger partial charge in [-0.15, -0.1) is 0 Å². The first-order valence-electron chi connectivity index (χ1n) is 6.36. The summed E-state index contributed by atoms with van der Waals surface area (Å²) in [5, 5.41) is 10.0. The molecule has 3 aliphatic rings. The van der Waals surface area contributed by atoms with Gasteiger partial charge in [-0.05, 0) is 55.3 Å². The Morgan fingerprint density at radius 3 is 2.50 bits per heavy atom. The molecule has 3 fully saturated rings. The Labute approximate surface area is 86.9 Å². The molecule has 1 N–H and O–H groups in total. The van der Waals surface area contributed by atoms with E-state index in [-0.39, 0.29) is 6.10 Å². The van der Waals surface area contributed by atoms with Gasteiger partial charge in [0.2, 0.25) is 0 Å². The molecule has 0 aliphatic heterocycles. The summed E-state index contributed by atoms with van der Waals surface area (Å²) in [6.45, 7) is 2.50. The van der Waals surface area contributed by atoms with Crippen LogP contribution in [0.1, 0.15) is 58.3 Å². The van der Waals surface area contributed by atoms with E-state index >= 15 is 0 Å². The molecule has 14 heavy (non-hydrogen) atoms. The highest BCUT2D eigenvalue weighted by atomic mass is 16.3. The molecule has 4 atom stereocenters. The molecule has 3 saturated carbocycles. The molecule has 0 radical (unpaired) electrons. The second-order valence-electron chi connectivity index (χ2n) is 6.18. The van der Waals surface area contributed by atoms with Gasteiger partial charge < -0.3 is 5.11 Å². The fourth-order valence-electron chi connectivity index (χ4n) is 4.83. The monoisotopic (exact) mass is 194 g/mol. The minimum Gasteiger partial charge on any atom is -0.393 e. The van der Waals surface area contributed by atoms with Crippen molar-refractivity contribution < 1.29 is 5.11 Å². The van der Waals surface area contributed by atoms with Gasteiger partial charge in [-0.25, -0.2) is 0 Å². The maximum absolute atomic E-state index is 10.0. The zero-order valence-corrected chi connectivity index (χ0v) is 9.26. The summed E-state index contributed by atoms with van der Waals surface area (Å²) in [6.07, 6.45) is 10.8. The quantitative estimate of drug-likeness (QED) is 0.628. The summed E-state index contributed by atoms with van der Waals surface area (Å²) in [7, 11) is 0. The van der Waals surface area contributed by atoms with Gasteiger partial charge in [0.25, 0.3) is 0 Å². The SMILES string of the molecule is C[C@@]12CCCC[C@]13CC[C@@H]3C(O)CC2. The molecule has 1 nitrogen and oxygen atoms in total. The number of rotatable bonds is 0. The first-order valence-corrected chi connectivity index (χ1v) is 6.36. The van der Waals surface area contributed by atoms with Gasteiger partial charge in [-0.1, -0.05) is 19.8 Å². The van der Waals surface area contributed by atoms with E-state index in [0.717, 1.165) is 6.42 Å². The van der Waals surface area contributed by atoms with Gasteiger partial charge >= 0.3 is 0 Å². The van der Waals surface area contributed by atoms with E-state index in [9.17, 15) is 5.11 Å². The standard InChI is InChI=1S/C13H22O/c1-12-6-2-3-7-13(12)9-4-10(13)11(14)5-8-12/h10-11,14H,2-9H2,1H3/t10-,11?,12+,13-/m1/s1. The molecule has 3 aliphatic carbocycles. The Morgan fingerprint density at radius 1 is 1.00 bits per heavy atom. The number of hydrogen-bond acceptors (Lipinski definition) is 1. The molecule has 0 aromatic carbocycles. The van der Waals surface area contributed by atoms with Gasteiger partial charge in [0.05, 0.1) is 6.10 Å². The van der Waals surface area contributed by atoms with E-state index in [1.807, 2.05) is 0 Å². The van der Waals surface area contributed by atoms with Crippen LogP contribution in [0, 0.1) is 16.7 Å². The van der Waals surface area contributed by atoms with E-state index in [1.54, 1.807) is 0 Å². The van der Waals surface area contributed by atoms with E-state index in [4.69, 9.17) is 0 Å². The lowest BCUT2D eigenvalue weighted by Gasteiger charge is -2.66. The van der Waals surface area contributed by atoms with Crippen LogP contribution in [0.4, 0.5) is 0 Å². The molecule has 0 saturated heterocycles. The lowest BCUT2D eigenvalue weighted by atomic mass is 9.39. The minimum atomic E-state index is 0.0370. The Morgan fingerprint density at radius 2 is 1.79 bits per heavy atom. The molecule has 0 amide bonds. The van der Waals surface area contributed by atoms with E-state index < -0.39 is 0 Å². The van der Waals surface area contributed by atoms with Crippen LogP contribution in [0.2, 0.25) is 0 Å². The summed E-state index contributed by atoms with van der Waals surface area (Å²) >= 11 is 0. The van der Waals surface area contributed by atoms with Crippen molar-refractivity contribution in [1.29, 1.82) is 0 Å². The van der Waals surface area contributed by atoms with Crippen LogP contribution in [0.15, 0.2) is 0 Å². The van der Waals surface area contributed by atoms with Crippen LogP contribution in [-0.4, -0.2) is 11.2 Å². The Balaban J connectivity index is 1.95. The smallest absolute Gasteiger partial charge is 0.0574 e. The van der Waals surface area contributed by atoms with Gasteiger partial charge in [-0.3, -0.25) is 0 Å². The third-order valence-corrected chi connectivity index (χ3v) is 5.87. The van der Waals surface area contributed by atoms with Gasteiger partial charge in [0.1, 0.15) is 0 Å². The molecule has 1 unspecified atom stereocenters. The highest BCUT2D eigenvalue weighted by Gasteiger charge is 2.62. The molecule has 80 valence electrons. The molecule has 3 rings (SSSR count). The molecule has 0 heterocycles. The number of hydrogen-bond donors (Lipinski definition) is 1. The van der Waals surface area contributed by atoms with E-state index in [0.29, 0.717) is 16.7 Å². The Bertz CT molecular complexity index is 250. The molecule has 1 heteroatoms. The summed E-state index contributed by atoms with van der Waals surface area (Å²) in [5.41, 5.74) is 1.16. The van der Waals surface area contributed by atoms with Crippen molar-refractivity contribution in [2.75, 3.05) is 0 Å². The lowest BCUT2D eigenvalue weighted by molar-refractivity contribution is -0.199. The largest absolute Gasteiger partial charge is 0.393 e. The Kier molecular flexibility index (Phi) is 1.81. The first-order chi connectivity index (χ1) is 6.68. The topological polar surface area (TPSA) is 20.2 Å². The maximum Gasteiger partial charge on any atom is 0.0574 e. The van der Waals surface area contributed by atoms with Crippen molar-refractivity contribution in [2.24, 2.45) is 16.7 Å². The summed E-state index contributed by atoms with van der Waals surface area (Å²) in [4.78, 5) is 0. The van der Waals surface area contributed by atoms with Gasteiger partial charge in [-0.2, -0.15) is 0 Å². The van der Waals surface area contributed by atoms with E-state index in [2.05, 4.69) is 6.92 Å². The van der Waals surface area contributed by atoms with Crippen LogP contribution in [0.5, 0.6) is 0 Å². The third kappa shape index (κ3) is 0.900. The average Bonchev–Trinajstić information content (AvgIpc) is 2.12. The zero-order valence-electron chi connectivity index (χ0n) is 9.26. The third-order valence-electron chi connectivity index (χ3n) is 5.87. The molecule has 0 bridgehead atoms. The van der Waals surface area contributed by atoms with Crippen molar-refractivity contribution in [3.8, 4) is 0 Å². The van der Waals surface area contributed by atoms with Crippen molar-refractivity contribution in [1.82, 2.24) is 0 Å². The average molecular weight is 194 g/mol.